The molecular formula is C27H42O. The first kappa shape index (κ1) is 20.3. The van der Waals surface area contributed by atoms with Gasteiger partial charge in [0.15, 0.2) is 0 Å². The maximum Gasteiger partial charge on any atom is 0.115 e. The van der Waals surface area contributed by atoms with Crippen molar-refractivity contribution in [2.45, 2.75) is 110 Å². The second-order valence-corrected chi connectivity index (χ2v) is 10.6. The van der Waals surface area contributed by atoms with Crippen LogP contribution in [0.4, 0.5) is 0 Å². The molecule has 156 valence electrons. The quantitative estimate of drug-likeness (QED) is 0.451. The Labute approximate surface area is 173 Å². The molecule has 0 spiro atoms. The van der Waals surface area contributed by atoms with E-state index < -0.39 is 0 Å². The van der Waals surface area contributed by atoms with E-state index in [1.54, 1.807) is 5.56 Å². The molecule has 2 fully saturated rings. The number of aromatic hydroxyl groups is 1. The van der Waals surface area contributed by atoms with Gasteiger partial charge in [-0.15, -0.1) is 0 Å². The van der Waals surface area contributed by atoms with Gasteiger partial charge in [-0.1, -0.05) is 71.3 Å². The summed E-state index contributed by atoms with van der Waals surface area (Å²) in [6, 6.07) is 6.30. The molecule has 4 rings (SSSR count). The number of benzene rings is 1. The van der Waals surface area contributed by atoms with Gasteiger partial charge in [-0.25, -0.2) is 0 Å². The summed E-state index contributed by atoms with van der Waals surface area (Å²) < 4.78 is 0. The summed E-state index contributed by atoms with van der Waals surface area (Å²) in [6.07, 6.45) is 19.7. The normalized spacial score (nSPS) is 33.9. The molecule has 1 nitrogen and oxygen atoms in total. The van der Waals surface area contributed by atoms with Crippen LogP contribution in [0.15, 0.2) is 18.2 Å². The van der Waals surface area contributed by atoms with Crippen molar-refractivity contribution in [3.05, 3.63) is 29.3 Å². The van der Waals surface area contributed by atoms with E-state index in [1.165, 1.54) is 95.5 Å². The van der Waals surface area contributed by atoms with Gasteiger partial charge in [0.25, 0.3) is 0 Å². The number of fused-ring (bicyclic) bond motifs is 5. The van der Waals surface area contributed by atoms with Crippen LogP contribution in [0.5, 0.6) is 5.75 Å². The Balaban J connectivity index is 1.46. The number of unbranched alkanes of at least 4 members (excludes halogenated alkanes) is 6. The third kappa shape index (κ3) is 4.01. The monoisotopic (exact) mass is 382 g/mol. The third-order valence-electron chi connectivity index (χ3n) is 8.84. The summed E-state index contributed by atoms with van der Waals surface area (Å²) in [5.41, 5.74) is 3.68. The second kappa shape index (κ2) is 8.80. The fourth-order valence-corrected chi connectivity index (χ4v) is 7.41. The predicted octanol–water partition coefficient (Wildman–Crippen LogP) is 8.01. The van der Waals surface area contributed by atoms with Gasteiger partial charge >= 0.3 is 0 Å². The fraction of sp³-hybridized carbons (Fsp3) is 0.778. The first-order valence-corrected chi connectivity index (χ1v) is 12.4. The summed E-state index contributed by atoms with van der Waals surface area (Å²) >= 11 is 0. The largest absolute Gasteiger partial charge is 0.508 e. The standard InChI is InChI=1S/C27H42O/c1-3-4-5-6-7-8-9-11-20-18-21-19-22(28)13-14-23(21)24-15-17-27(2)16-10-12-25(27)26(20)24/h13-14,19-20,24-26,28H,3-12,15-18H2,1-2H3/t20?,24?,25?,26?,27-/m0/s1. The van der Waals surface area contributed by atoms with Crippen molar-refractivity contribution in [3.63, 3.8) is 0 Å². The van der Waals surface area contributed by atoms with Gasteiger partial charge in [0, 0.05) is 0 Å². The van der Waals surface area contributed by atoms with Crippen LogP contribution in [0.1, 0.15) is 114 Å². The van der Waals surface area contributed by atoms with Gasteiger partial charge in [-0.2, -0.15) is 0 Å². The number of rotatable bonds is 8. The fourth-order valence-electron chi connectivity index (χ4n) is 7.41. The Bertz CT molecular complexity index is 650. The smallest absolute Gasteiger partial charge is 0.115 e. The Morgan fingerprint density at radius 1 is 1.00 bits per heavy atom. The summed E-state index contributed by atoms with van der Waals surface area (Å²) in [5, 5.41) is 10.1. The molecule has 0 radical (unpaired) electrons. The van der Waals surface area contributed by atoms with Crippen molar-refractivity contribution in [1.82, 2.24) is 0 Å². The van der Waals surface area contributed by atoms with Crippen molar-refractivity contribution in [2.75, 3.05) is 0 Å². The summed E-state index contributed by atoms with van der Waals surface area (Å²) in [6.45, 7) is 4.91. The van der Waals surface area contributed by atoms with E-state index in [0.717, 1.165) is 23.7 Å². The Hall–Kier alpha value is -0.980. The molecule has 1 aromatic carbocycles. The molecule has 2 saturated carbocycles. The van der Waals surface area contributed by atoms with Crippen molar-refractivity contribution in [2.24, 2.45) is 23.2 Å². The van der Waals surface area contributed by atoms with E-state index in [0.29, 0.717) is 11.2 Å². The van der Waals surface area contributed by atoms with Crippen LogP contribution in [0.2, 0.25) is 0 Å². The summed E-state index contributed by atoms with van der Waals surface area (Å²) in [4.78, 5) is 0. The molecule has 5 atom stereocenters. The van der Waals surface area contributed by atoms with Gasteiger partial charge in [0.2, 0.25) is 0 Å². The van der Waals surface area contributed by atoms with Crippen LogP contribution >= 0.6 is 0 Å². The lowest BCUT2D eigenvalue weighted by Crippen LogP contribution is -2.44. The highest BCUT2D eigenvalue weighted by atomic mass is 16.3. The maximum absolute atomic E-state index is 10.1. The minimum Gasteiger partial charge on any atom is -0.508 e. The number of phenolic OH excluding ortho intramolecular Hbond substituents is 1. The molecular weight excluding hydrogens is 340 g/mol. The van der Waals surface area contributed by atoms with E-state index >= 15 is 0 Å². The lowest BCUT2D eigenvalue weighted by molar-refractivity contribution is 0.0225. The predicted molar refractivity (Wildman–Crippen MR) is 119 cm³/mol. The van der Waals surface area contributed by atoms with Crippen molar-refractivity contribution in [3.8, 4) is 5.75 Å². The molecule has 28 heavy (non-hydrogen) atoms. The molecule has 0 aliphatic heterocycles. The molecule has 0 amide bonds. The second-order valence-electron chi connectivity index (χ2n) is 10.6. The highest BCUT2D eigenvalue weighted by Crippen LogP contribution is 2.62. The zero-order valence-electron chi connectivity index (χ0n) is 18.4. The summed E-state index contributed by atoms with van der Waals surface area (Å²) in [7, 11) is 0. The minimum atomic E-state index is 0.466. The van der Waals surface area contributed by atoms with Crippen LogP contribution in [0.25, 0.3) is 0 Å². The van der Waals surface area contributed by atoms with E-state index in [9.17, 15) is 5.11 Å². The maximum atomic E-state index is 10.1. The van der Waals surface area contributed by atoms with E-state index in [4.69, 9.17) is 0 Å². The molecule has 1 N–H and O–H groups in total. The van der Waals surface area contributed by atoms with Gasteiger partial charge in [0.05, 0.1) is 0 Å². The number of hydrogen-bond acceptors (Lipinski definition) is 1. The van der Waals surface area contributed by atoms with Crippen LogP contribution in [0, 0.1) is 23.2 Å². The molecule has 0 bridgehead atoms. The van der Waals surface area contributed by atoms with E-state index in [2.05, 4.69) is 26.0 Å². The van der Waals surface area contributed by atoms with Crippen molar-refractivity contribution < 1.29 is 5.11 Å². The van der Waals surface area contributed by atoms with Crippen molar-refractivity contribution >= 4 is 0 Å². The Kier molecular flexibility index (Phi) is 6.38. The molecule has 0 heterocycles. The van der Waals surface area contributed by atoms with Gasteiger partial charge < -0.3 is 5.11 Å². The third-order valence-corrected chi connectivity index (χ3v) is 8.84. The van der Waals surface area contributed by atoms with Gasteiger partial charge in [-0.3, -0.25) is 0 Å². The van der Waals surface area contributed by atoms with E-state index in [-0.39, 0.29) is 0 Å². The average molecular weight is 383 g/mol. The Morgan fingerprint density at radius 3 is 2.61 bits per heavy atom. The van der Waals surface area contributed by atoms with Crippen LogP contribution < -0.4 is 0 Å². The summed E-state index contributed by atoms with van der Waals surface area (Å²) in [5.74, 6) is 3.92. The first-order valence-electron chi connectivity index (χ1n) is 12.4. The minimum absolute atomic E-state index is 0.466. The molecule has 1 heteroatoms. The lowest BCUT2D eigenvalue weighted by atomic mass is 9.52. The van der Waals surface area contributed by atoms with Crippen LogP contribution in [-0.2, 0) is 6.42 Å². The Morgan fingerprint density at radius 2 is 1.79 bits per heavy atom. The highest BCUT2D eigenvalue weighted by molar-refractivity contribution is 5.40. The molecule has 0 saturated heterocycles. The average Bonchev–Trinajstić information content (AvgIpc) is 3.08. The zero-order chi connectivity index (χ0) is 19.6. The first-order chi connectivity index (χ1) is 13.6. The van der Waals surface area contributed by atoms with Gasteiger partial charge in [-0.05, 0) is 90.9 Å². The molecule has 0 aromatic heterocycles. The molecule has 4 unspecified atom stereocenters. The molecule has 1 aromatic rings. The molecule has 3 aliphatic rings. The molecule has 3 aliphatic carbocycles. The van der Waals surface area contributed by atoms with E-state index in [1.807, 2.05) is 6.07 Å². The van der Waals surface area contributed by atoms with Crippen LogP contribution in [0.3, 0.4) is 0 Å². The van der Waals surface area contributed by atoms with Crippen LogP contribution in [-0.4, -0.2) is 5.11 Å². The number of phenols is 1. The lowest BCUT2D eigenvalue weighted by Gasteiger charge is -2.52. The SMILES string of the molecule is CCCCCCCCCC1Cc2cc(O)ccc2C2CC[C@]3(C)CCCC3C12. The zero-order valence-corrected chi connectivity index (χ0v) is 18.4. The topological polar surface area (TPSA) is 20.2 Å². The number of hydrogen-bond donors (Lipinski definition) is 1. The van der Waals surface area contributed by atoms with Crippen molar-refractivity contribution in [1.29, 1.82) is 0 Å². The highest BCUT2D eigenvalue weighted by Gasteiger charge is 2.52. The van der Waals surface area contributed by atoms with Gasteiger partial charge in [0.1, 0.15) is 5.75 Å².